The van der Waals surface area contributed by atoms with Crippen LogP contribution in [0.15, 0.2) is 194 Å². The van der Waals surface area contributed by atoms with Gasteiger partial charge in [-0.3, -0.25) is 14.4 Å². The smallest absolute Gasteiger partial charge is 0.326 e. The third-order valence-electron chi connectivity index (χ3n) is 13.1. The number of aliphatic carboxylic acids is 2. The number of fused-ring (bicyclic) bond motifs is 8. The highest BCUT2D eigenvalue weighted by atomic mass is 35.5. The number of halogens is 1. The highest BCUT2D eigenvalue weighted by molar-refractivity contribution is 6.65. The summed E-state index contributed by atoms with van der Waals surface area (Å²) in [6.07, 6.45) is 0.515. The second-order valence-corrected chi connectivity index (χ2v) is 18.0. The van der Waals surface area contributed by atoms with Crippen LogP contribution in [0.25, 0.3) is 0 Å². The number of amides is 1. The van der Waals surface area contributed by atoms with Gasteiger partial charge in [-0.25, -0.2) is 4.79 Å². The highest BCUT2D eigenvalue weighted by Gasteiger charge is 2.41. The fourth-order valence-electron chi connectivity index (χ4n) is 9.55. The van der Waals surface area contributed by atoms with E-state index in [0.717, 1.165) is 44.5 Å². The number of carbonyl (C=O) groups is 4. The molecule has 0 aliphatic carbocycles. The van der Waals surface area contributed by atoms with Crippen LogP contribution in [0, 0.1) is 0 Å². The zero-order valence-corrected chi connectivity index (χ0v) is 39.9. The number of benzene rings is 8. The first kappa shape index (κ1) is 47.9. The van der Waals surface area contributed by atoms with E-state index in [1.165, 1.54) is 4.90 Å². The van der Waals surface area contributed by atoms with Gasteiger partial charge in [0.25, 0.3) is 0 Å². The number of nitrogens with zero attached hydrogens (tertiary/aromatic N) is 1. The number of ether oxygens (including phenoxy) is 4. The van der Waals surface area contributed by atoms with Gasteiger partial charge >= 0.3 is 11.9 Å². The average molecular weight is 991 g/mol. The van der Waals surface area contributed by atoms with Crippen LogP contribution in [-0.4, -0.2) is 50.3 Å². The molecule has 73 heavy (non-hydrogen) atoms. The van der Waals surface area contributed by atoms with Crippen molar-refractivity contribution in [1.82, 2.24) is 10.2 Å². The zero-order chi connectivity index (χ0) is 50.4. The van der Waals surface area contributed by atoms with E-state index in [1.807, 2.05) is 194 Å². The van der Waals surface area contributed by atoms with Gasteiger partial charge in [-0.15, -0.1) is 0 Å². The number of carboxylic acids is 2. The Bertz CT molecular complexity index is 3240. The van der Waals surface area contributed by atoms with Crippen LogP contribution in [0.3, 0.4) is 0 Å². The lowest BCUT2D eigenvalue weighted by molar-refractivity contribution is -0.151. The molecule has 4 heterocycles. The Kier molecular flexibility index (Phi) is 14.0. The Hall–Kier alpha value is -8.71. The third kappa shape index (κ3) is 10.3. The van der Waals surface area contributed by atoms with Crippen LogP contribution < -0.4 is 24.3 Å². The Morgan fingerprint density at radius 3 is 1.29 bits per heavy atom. The molecule has 12 nitrogen and oxygen atoms in total. The lowest BCUT2D eigenvalue weighted by Crippen LogP contribution is -2.50. The molecule has 0 unspecified atom stereocenters. The number of rotatable bonds is 8. The minimum absolute atomic E-state index is 0.126. The Labute approximate surface area is 426 Å². The summed E-state index contributed by atoms with van der Waals surface area (Å²) < 4.78 is 24.0. The molecular formula is C60H47ClN2O10. The average Bonchev–Trinajstić information content (AvgIpc) is 3.43. The van der Waals surface area contributed by atoms with Gasteiger partial charge in [0, 0.05) is 37.1 Å². The molecule has 364 valence electrons. The predicted molar refractivity (Wildman–Crippen MR) is 274 cm³/mol. The third-order valence-corrected chi connectivity index (χ3v) is 13.4. The number of carboxylic acid groups (broad SMARTS) is 2. The van der Waals surface area contributed by atoms with Crippen LogP contribution in [-0.2, 0) is 45.1 Å². The molecule has 0 radical (unpaired) electrons. The first-order chi connectivity index (χ1) is 35.6. The minimum Gasteiger partial charge on any atom is -0.480 e. The molecule has 0 aromatic heterocycles. The van der Waals surface area contributed by atoms with Gasteiger partial charge in [0.15, 0.2) is 46.0 Å². The van der Waals surface area contributed by atoms with Gasteiger partial charge in [0.2, 0.25) is 11.1 Å². The Morgan fingerprint density at radius 2 is 0.863 bits per heavy atom. The summed E-state index contributed by atoms with van der Waals surface area (Å²) in [7, 11) is 0. The molecule has 1 amide bonds. The molecule has 0 spiro atoms. The normalized spacial score (nSPS) is 15.4. The lowest BCUT2D eigenvalue weighted by atomic mass is 9.86. The molecule has 0 fully saturated rings. The van der Waals surface area contributed by atoms with Crippen LogP contribution in [0.1, 0.15) is 56.3 Å². The van der Waals surface area contributed by atoms with E-state index in [0.29, 0.717) is 59.0 Å². The number of carbonyl (C=O) groups excluding carboxylic acids is 2. The predicted octanol–water partition coefficient (Wildman–Crippen LogP) is 12.0. The largest absolute Gasteiger partial charge is 0.480 e. The summed E-state index contributed by atoms with van der Waals surface area (Å²) >= 11 is 5.67. The molecule has 4 aliphatic rings. The van der Waals surface area contributed by atoms with Crippen LogP contribution in [0.2, 0.25) is 0 Å². The van der Waals surface area contributed by atoms with Crippen molar-refractivity contribution >= 4 is 34.7 Å². The van der Waals surface area contributed by atoms with Gasteiger partial charge in [-0.2, -0.15) is 0 Å². The first-order valence-electron chi connectivity index (χ1n) is 23.7. The molecule has 0 saturated heterocycles. The van der Waals surface area contributed by atoms with Crippen molar-refractivity contribution in [2.24, 2.45) is 0 Å². The molecule has 3 N–H and O–H groups in total. The molecule has 13 heteroatoms. The topological polar surface area (TPSA) is 161 Å². The van der Waals surface area contributed by atoms with Gasteiger partial charge in [0.1, 0.15) is 12.1 Å². The van der Waals surface area contributed by atoms with Crippen molar-refractivity contribution < 1.29 is 48.3 Å². The van der Waals surface area contributed by atoms with Crippen molar-refractivity contribution in [1.29, 1.82) is 0 Å². The van der Waals surface area contributed by atoms with E-state index in [2.05, 4.69) is 5.32 Å². The number of hydrogen-bond donors (Lipinski definition) is 3. The molecule has 0 saturated carbocycles. The van der Waals surface area contributed by atoms with Crippen LogP contribution in [0.5, 0.6) is 46.0 Å². The van der Waals surface area contributed by atoms with Crippen molar-refractivity contribution in [2.75, 3.05) is 0 Å². The summed E-state index contributed by atoms with van der Waals surface area (Å²) in [5.74, 6) is 1.73. The summed E-state index contributed by atoms with van der Waals surface area (Å²) in [4.78, 5) is 50.7. The summed E-state index contributed by atoms with van der Waals surface area (Å²) in [6, 6.07) is 58.8. The van der Waals surface area contributed by atoms with E-state index < -0.39 is 29.9 Å². The molecule has 8 aromatic rings. The lowest BCUT2D eigenvalue weighted by Gasteiger charge is -2.38. The van der Waals surface area contributed by atoms with E-state index in [9.17, 15) is 29.4 Å². The van der Waals surface area contributed by atoms with E-state index in [-0.39, 0.29) is 30.0 Å². The van der Waals surface area contributed by atoms with Gasteiger partial charge in [-0.1, -0.05) is 158 Å². The molecular weight excluding hydrogens is 944 g/mol. The second kappa shape index (κ2) is 21.3. The standard InChI is InChI=1S/C30H23NO5.C16H13NO4.C14H11ClO/c32-29(27(19-9-3-1-4-10-19)20-11-5-2-6-12-20)31-18-21-15-16-26-28(22(21)17-23(31)30(33)34)36-25-14-8-7-13-24(25)35-26;18-16(19)11-7-10-9(8-17-11)5-6-14-15(10)21-13-4-2-1-3-12(13)20-14;15-14(16)13(11-7-3-1-4-8-11)12-9-5-2-6-10-12/h1-16,23,27H,17-18H2,(H,33,34);1-6,11,17H,7-8H2,(H,18,19);1-10,13H/t23-;11-;/m00./s1. The fourth-order valence-corrected chi connectivity index (χ4v) is 9.80. The molecule has 0 bridgehead atoms. The summed E-state index contributed by atoms with van der Waals surface area (Å²) in [5.41, 5.74) is 7.06. The maximum atomic E-state index is 14.1. The molecule has 4 aliphatic heterocycles. The maximum absolute atomic E-state index is 14.1. The quantitative estimate of drug-likeness (QED) is 0.124. The first-order valence-corrected chi connectivity index (χ1v) is 24.1. The maximum Gasteiger partial charge on any atom is 0.326 e. The summed E-state index contributed by atoms with van der Waals surface area (Å²) in [5, 5.41) is 22.0. The Balaban J connectivity index is 0.000000139. The SMILES string of the molecule is O=C(Cl)C(c1ccccc1)c1ccccc1.O=C(O)[C@@H]1Cc2c(ccc3c2Oc2ccccc2O3)CN1.O=C(O)[C@@H]1Cc2c(ccc3c2Oc2ccccc2O3)CN1C(=O)C(c1ccccc1)c1ccccc1. The van der Waals surface area contributed by atoms with Gasteiger partial charge < -0.3 is 39.4 Å². The second-order valence-electron chi connectivity index (χ2n) is 17.7. The van der Waals surface area contributed by atoms with E-state index in [4.69, 9.17) is 30.5 Å². The Morgan fingerprint density at radius 1 is 0.466 bits per heavy atom. The highest BCUT2D eigenvalue weighted by Crippen LogP contribution is 2.50. The molecule has 8 aromatic carbocycles. The molecule has 12 rings (SSSR count). The number of nitrogens with one attached hydrogen (secondary N) is 1. The minimum atomic E-state index is -1.05. The summed E-state index contributed by atoms with van der Waals surface area (Å²) in [6.45, 7) is 0.685. The van der Waals surface area contributed by atoms with E-state index >= 15 is 0 Å². The number of para-hydroxylation sites is 4. The molecule has 2 atom stereocenters. The number of hydrogen-bond acceptors (Lipinski definition) is 9. The van der Waals surface area contributed by atoms with Gasteiger partial charge in [0.05, 0.1) is 11.8 Å². The van der Waals surface area contributed by atoms with E-state index in [1.54, 1.807) is 0 Å². The zero-order valence-electron chi connectivity index (χ0n) is 39.1. The fraction of sp³-hybridized carbons (Fsp3) is 0.133. The van der Waals surface area contributed by atoms with Crippen molar-refractivity contribution in [3.63, 3.8) is 0 Å². The van der Waals surface area contributed by atoms with Crippen molar-refractivity contribution in [2.45, 2.75) is 49.9 Å². The van der Waals surface area contributed by atoms with Crippen molar-refractivity contribution in [3.05, 3.63) is 239 Å². The monoisotopic (exact) mass is 990 g/mol. The van der Waals surface area contributed by atoms with Crippen molar-refractivity contribution in [3.8, 4) is 46.0 Å². The van der Waals surface area contributed by atoms with Crippen LogP contribution >= 0.6 is 11.6 Å². The van der Waals surface area contributed by atoms with Crippen LogP contribution in [0.4, 0.5) is 0 Å². The van der Waals surface area contributed by atoms with Gasteiger partial charge in [-0.05, 0) is 81.4 Å².